The maximum Gasteiger partial charge on any atom is 1.00 e. The molecule has 3 nitrogen and oxygen atoms in total. The molecule has 0 aromatic rings. The first kappa shape index (κ1) is 18.6. The van der Waals surface area contributed by atoms with E-state index in [1.54, 1.807) is 19.1 Å². The Bertz CT molecular complexity index is 285. The van der Waals surface area contributed by atoms with Crippen molar-refractivity contribution in [3.63, 3.8) is 0 Å². The molecule has 2 atom stereocenters. The molecule has 0 bridgehead atoms. The van der Waals surface area contributed by atoms with E-state index in [4.69, 9.17) is 11.6 Å². The van der Waals surface area contributed by atoms with Gasteiger partial charge in [-0.15, -0.1) is 0 Å². The van der Waals surface area contributed by atoms with Crippen molar-refractivity contribution >= 4 is 17.6 Å². The van der Waals surface area contributed by atoms with Crippen LogP contribution in [-0.4, -0.2) is 16.7 Å². The van der Waals surface area contributed by atoms with Crippen LogP contribution in [0.25, 0.3) is 0 Å². The fourth-order valence-corrected chi connectivity index (χ4v) is 1.20. The smallest absolute Gasteiger partial charge is 0.550 e. The first-order valence-corrected chi connectivity index (χ1v) is 5.16. The van der Waals surface area contributed by atoms with E-state index < -0.39 is 11.6 Å². The maximum absolute atomic E-state index is 9.60. The third kappa shape index (κ3) is 6.71. The van der Waals surface area contributed by atoms with E-state index in [0.717, 1.165) is 0 Å². The van der Waals surface area contributed by atoms with E-state index in [1.165, 1.54) is 6.92 Å². The Kier molecular flexibility index (Phi) is 9.65. The SMILES string of the molecule is CC1C(Cl)=CC=CC1(C)O.CCC(=O)[O-].[Na+]. The summed E-state index contributed by atoms with van der Waals surface area (Å²) in [6, 6.07) is 0. The van der Waals surface area contributed by atoms with Crippen molar-refractivity contribution in [3.05, 3.63) is 23.3 Å². The Morgan fingerprint density at radius 2 is 2.12 bits per heavy atom. The van der Waals surface area contributed by atoms with Crippen molar-refractivity contribution in [2.75, 3.05) is 0 Å². The first-order chi connectivity index (χ1) is 6.81. The van der Waals surface area contributed by atoms with Crippen LogP contribution in [0.1, 0.15) is 27.2 Å². The van der Waals surface area contributed by atoms with Crippen molar-refractivity contribution < 1.29 is 44.6 Å². The van der Waals surface area contributed by atoms with Gasteiger partial charge in [0.1, 0.15) is 0 Å². The monoisotopic (exact) mass is 254 g/mol. The fraction of sp³-hybridized carbons (Fsp3) is 0.545. The van der Waals surface area contributed by atoms with Crippen molar-refractivity contribution in [1.82, 2.24) is 0 Å². The molecule has 0 saturated carbocycles. The second-order valence-electron chi connectivity index (χ2n) is 3.58. The van der Waals surface area contributed by atoms with Gasteiger partial charge in [-0.3, -0.25) is 0 Å². The van der Waals surface area contributed by atoms with Crippen LogP contribution >= 0.6 is 11.6 Å². The normalized spacial score (nSPS) is 27.1. The second kappa shape index (κ2) is 8.31. The molecule has 1 aliphatic carbocycles. The molecule has 0 spiro atoms. The van der Waals surface area contributed by atoms with Crippen molar-refractivity contribution in [3.8, 4) is 0 Å². The molecule has 86 valence electrons. The molecule has 1 aliphatic rings. The molecule has 16 heavy (non-hydrogen) atoms. The van der Waals surface area contributed by atoms with Crippen molar-refractivity contribution in [1.29, 1.82) is 0 Å². The van der Waals surface area contributed by atoms with Gasteiger partial charge in [-0.25, -0.2) is 0 Å². The molecule has 0 fully saturated rings. The third-order valence-corrected chi connectivity index (χ3v) is 2.72. The number of hydrogen-bond donors (Lipinski definition) is 1. The van der Waals surface area contributed by atoms with Gasteiger partial charge in [0.25, 0.3) is 0 Å². The average molecular weight is 255 g/mol. The number of hydrogen-bond acceptors (Lipinski definition) is 3. The molecule has 5 heteroatoms. The Hall–Kier alpha value is 0.200. The molecule has 1 rings (SSSR count). The molecule has 0 aromatic heterocycles. The Morgan fingerprint density at radius 1 is 1.69 bits per heavy atom. The van der Waals surface area contributed by atoms with Crippen LogP contribution < -0.4 is 34.7 Å². The minimum Gasteiger partial charge on any atom is -0.550 e. The van der Waals surface area contributed by atoms with Gasteiger partial charge in [0.2, 0.25) is 0 Å². The summed E-state index contributed by atoms with van der Waals surface area (Å²) in [6.45, 7) is 5.20. The number of allylic oxidation sites excluding steroid dienone is 2. The molecule has 0 radical (unpaired) electrons. The number of rotatable bonds is 1. The summed E-state index contributed by atoms with van der Waals surface area (Å²) >= 11 is 5.80. The average Bonchev–Trinajstić information content (AvgIpc) is 2.15. The van der Waals surface area contributed by atoms with Gasteiger partial charge in [-0.2, -0.15) is 0 Å². The second-order valence-corrected chi connectivity index (χ2v) is 4.02. The third-order valence-electron chi connectivity index (χ3n) is 2.27. The minimum atomic E-state index is -0.995. The quantitative estimate of drug-likeness (QED) is 0.563. The summed E-state index contributed by atoms with van der Waals surface area (Å²) in [6.07, 6.45) is 5.45. The number of aliphatic carboxylic acids is 1. The maximum atomic E-state index is 9.60. The summed E-state index contributed by atoms with van der Waals surface area (Å²) < 4.78 is 0. The van der Waals surface area contributed by atoms with Gasteiger partial charge in [0.05, 0.1) is 5.60 Å². The number of carbonyl (C=O) groups excluding carboxylic acids is 1. The topological polar surface area (TPSA) is 60.4 Å². The molecule has 0 heterocycles. The minimum absolute atomic E-state index is 0. The zero-order chi connectivity index (χ0) is 12.1. The zero-order valence-electron chi connectivity index (χ0n) is 10.2. The molecule has 0 saturated heterocycles. The summed E-state index contributed by atoms with van der Waals surface area (Å²) in [5.74, 6) is -0.982. The van der Waals surface area contributed by atoms with Crippen molar-refractivity contribution in [2.45, 2.75) is 32.8 Å². The van der Waals surface area contributed by atoms with E-state index in [0.29, 0.717) is 5.03 Å². The largest absolute Gasteiger partial charge is 1.00 e. The number of carboxylic acid groups (broad SMARTS) is 1. The standard InChI is InChI=1S/C8H11ClO.C3H6O2.Na/c1-6-7(9)4-3-5-8(6,2)10;1-2-3(4)5;/h3-6,10H,1-2H3;2H2,1H3,(H,4,5);/q;;+1/p-1. The van der Waals surface area contributed by atoms with E-state index in [1.807, 2.05) is 13.0 Å². The molecule has 0 amide bonds. The van der Waals surface area contributed by atoms with Gasteiger partial charge < -0.3 is 15.0 Å². The van der Waals surface area contributed by atoms with Crippen LogP contribution in [0.4, 0.5) is 0 Å². The van der Waals surface area contributed by atoms with Gasteiger partial charge in [0.15, 0.2) is 0 Å². The van der Waals surface area contributed by atoms with E-state index in [9.17, 15) is 15.0 Å². The predicted octanol–water partition coefficient (Wildman–Crippen LogP) is -1.78. The van der Waals surface area contributed by atoms with Gasteiger partial charge >= 0.3 is 29.6 Å². The zero-order valence-corrected chi connectivity index (χ0v) is 12.9. The molecule has 2 unspecified atom stereocenters. The predicted molar refractivity (Wildman–Crippen MR) is 58.2 cm³/mol. The Labute approximate surface area is 123 Å². The van der Waals surface area contributed by atoms with Crippen LogP contribution in [0, 0.1) is 5.92 Å². The summed E-state index contributed by atoms with van der Waals surface area (Å²) in [7, 11) is 0. The van der Waals surface area contributed by atoms with Gasteiger partial charge in [0, 0.05) is 16.9 Å². The Balaban J connectivity index is 0. The van der Waals surface area contributed by atoms with E-state index in [2.05, 4.69) is 0 Å². The molecule has 0 aromatic carbocycles. The van der Waals surface area contributed by atoms with Gasteiger partial charge in [-0.05, 0) is 19.4 Å². The fourth-order valence-electron chi connectivity index (χ4n) is 0.903. The van der Waals surface area contributed by atoms with Crippen LogP contribution in [-0.2, 0) is 4.79 Å². The summed E-state index contributed by atoms with van der Waals surface area (Å²) in [4.78, 5) is 9.26. The number of carbonyl (C=O) groups is 1. The molecule has 1 N–H and O–H groups in total. The van der Waals surface area contributed by atoms with Crippen molar-refractivity contribution in [2.24, 2.45) is 5.92 Å². The summed E-state index contributed by atoms with van der Waals surface area (Å²) in [5.41, 5.74) is -0.772. The van der Waals surface area contributed by atoms with Crippen LogP contribution in [0.5, 0.6) is 0 Å². The van der Waals surface area contributed by atoms with Crippen LogP contribution in [0.2, 0.25) is 0 Å². The number of carboxylic acids is 1. The number of halogens is 1. The Morgan fingerprint density at radius 3 is 2.38 bits per heavy atom. The number of aliphatic hydroxyl groups is 1. The van der Waals surface area contributed by atoms with Crippen LogP contribution in [0.15, 0.2) is 23.3 Å². The van der Waals surface area contributed by atoms with E-state index >= 15 is 0 Å². The summed E-state index contributed by atoms with van der Waals surface area (Å²) in [5, 5.41) is 19.6. The molecular weight excluding hydrogens is 239 g/mol. The van der Waals surface area contributed by atoms with Crippen LogP contribution in [0.3, 0.4) is 0 Å². The van der Waals surface area contributed by atoms with Gasteiger partial charge in [-0.1, -0.05) is 37.6 Å². The molecule has 0 aliphatic heterocycles. The first-order valence-electron chi connectivity index (χ1n) is 4.78. The van der Waals surface area contributed by atoms with E-state index in [-0.39, 0.29) is 41.9 Å². The molecular formula is C11H16ClNaO3.